The molecule has 3 aliphatic rings. The van der Waals surface area contributed by atoms with E-state index in [1.807, 2.05) is 0 Å². The number of hydrogen-bond donors (Lipinski definition) is 0. The maximum atomic E-state index is 13.0. The minimum atomic E-state index is -0.306. The highest BCUT2D eigenvalue weighted by molar-refractivity contribution is 8.17. The van der Waals surface area contributed by atoms with E-state index in [2.05, 4.69) is 9.98 Å². The molecular formula is C16H13FN2OS. The molecule has 21 heavy (non-hydrogen) atoms. The van der Waals surface area contributed by atoms with Crippen LogP contribution in [0.1, 0.15) is 31.2 Å². The summed E-state index contributed by atoms with van der Waals surface area (Å²) in [5.74, 6) is -0.272. The van der Waals surface area contributed by atoms with Crippen LogP contribution in [0, 0.1) is 11.7 Å². The summed E-state index contributed by atoms with van der Waals surface area (Å²) in [7, 11) is 0. The van der Waals surface area contributed by atoms with Gasteiger partial charge in [-0.1, -0.05) is 11.8 Å². The van der Waals surface area contributed by atoms with Crippen LogP contribution in [0.3, 0.4) is 0 Å². The number of carbonyl (C=O) groups is 1. The third kappa shape index (κ3) is 2.16. The standard InChI is InChI=1S/C16H13FN2OS/c17-10-7-5-9(6-8-10)14-18-15(20)13-11-3-1-2-4-12(11)21-16(13)19-14/h5-8,13H,1-4H2. The van der Waals surface area contributed by atoms with Crippen molar-refractivity contribution in [2.24, 2.45) is 15.9 Å². The van der Waals surface area contributed by atoms with E-state index in [0.29, 0.717) is 11.4 Å². The number of amides is 1. The molecule has 3 nitrogen and oxygen atoms in total. The van der Waals surface area contributed by atoms with Crippen molar-refractivity contribution in [2.45, 2.75) is 25.7 Å². The molecule has 1 aromatic carbocycles. The highest BCUT2D eigenvalue weighted by atomic mass is 32.2. The third-order valence-electron chi connectivity index (χ3n) is 4.06. The van der Waals surface area contributed by atoms with Gasteiger partial charge >= 0.3 is 0 Å². The summed E-state index contributed by atoms with van der Waals surface area (Å²) < 4.78 is 13.0. The van der Waals surface area contributed by atoms with E-state index in [4.69, 9.17) is 0 Å². The lowest BCUT2D eigenvalue weighted by Gasteiger charge is -2.18. The van der Waals surface area contributed by atoms with Crippen molar-refractivity contribution >= 4 is 28.5 Å². The minimum absolute atomic E-state index is 0.126. The average molecular weight is 300 g/mol. The first kappa shape index (κ1) is 13.0. The van der Waals surface area contributed by atoms with Gasteiger partial charge < -0.3 is 0 Å². The lowest BCUT2D eigenvalue weighted by molar-refractivity contribution is -0.118. The molecule has 2 aliphatic heterocycles. The van der Waals surface area contributed by atoms with Gasteiger partial charge in [-0.25, -0.2) is 9.38 Å². The fourth-order valence-electron chi connectivity index (χ4n) is 3.03. The van der Waals surface area contributed by atoms with Gasteiger partial charge in [-0.3, -0.25) is 4.79 Å². The molecule has 0 aromatic heterocycles. The normalized spacial score (nSPS) is 24.4. The van der Waals surface area contributed by atoms with E-state index in [-0.39, 0.29) is 17.6 Å². The Morgan fingerprint density at radius 1 is 1.10 bits per heavy atom. The Labute approximate surface area is 126 Å². The molecule has 1 amide bonds. The van der Waals surface area contributed by atoms with Gasteiger partial charge in [-0.2, -0.15) is 4.99 Å². The molecule has 0 fully saturated rings. The van der Waals surface area contributed by atoms with Crippen molar-refractivity contribution in [2.75, 3.05) is 0 Å². The molecule has 1 atom stereocenters. The summed E-state index contributed by atoms with van der Waals surface area (Å²) in [4.78, 5) is 22.4. The van der Waals surface area contributed by atoms with Gasteiger partial charge in [0.2, 0.25) is 0 Å². The highest BCUT2D eigenvalue weighted by Crippen LogP contribution is 2.47. The van der Waals surface area contributed by atoms with E-state index in [9.17, 15) is 9.18 Å². The smallest absolute Gasteiger partial charge is 0.261 e. The summed E-state index contributed by atoms with van der Waals surface area (Å²) in [5.41, 5.74) is 1.91. The number of amidine groups is 1. The summed E-state index contributed by atoms with van der Waals surface area (Å²) in [5, 5.41) is 0.848. The minimum Gasteiger partial charge on any atom is -0.271 e. The highest BCUT2D eigenvalue weighted by Gasteiger charge is 2.40. The summed E-state index contributed by atoms with van der Waals surface area (Å²) in [6, 6.07) is 5.94. The first-order valence-electron chi connectivity index (χ1n) is 7.09. The summed E-state index contributed by atoms with van der Waals surface area (Å²) in [6.45, 7) is 0. The number of benzene rings is 1. The molecule has 1 aromatic rings. The predicted molar refractivity (Wildman–Crippen MR) is 82.0 cm³/mol. The van der Waals surface area contributed by atoms with Crippen molar-refractivity contribution in [3.8, 4) is 0 Å². The number of rotatable bonds is 1. The van der Waals surface area contributed by atoms with Gasteiger partial charge in [0.25, 0.3) is 5.91 Å². The Kier molecular flexibility index (Phi) is 3.03. The fraction of sp³-hybridized carbons (Fsp3) is 0.312. The van der Waals surface area contributed by atoms with Crippen LogP contribution in [0.4, 0.5) is 4.39 Å². The molecule has 0 saturated carbocycles. The Morgan fingerprint density at radius 3 is 2.67 bits per heavy atom. The molecule has 0 radical (unpaired) electrons. The molecule has 0 spiro atoms. The van der Waals surface area contributed by atoms with E-state index in [1.54, 1.807) is 23.9 Å². The topological polar surface area (TPSA) is 41.8 Å². The molecule has 106 valence electrons. The summed E-state index contributed by atoms with van der Waals surface area (Å²) in [6.07, 6.45) is 4.37. The average Bonchev–Trinajstić information content (AvgIpc) is 2.86. The molecule has 0 N–H and O–H groups in total. The van der Waals surface area contributed by atoms with Crippen LogP contribution in [-0.4, -0.2) is 16.8 Å². The largest absolute Gasteiger partial charge is 0.271 e. The molecule has 1 unspecified atom stereocenters. The van der Waals surface area contributed by atoms with Crippen LogP contribution < -0.4 is 0 Å². The van der Waals surface area contributed by atoms with Gasteiger partial charge in [-0.15, -0.1) is 0 Å². The zero-order chi connectivity index (χ0) is 14.4. The first-order chi connectivity index (χ1) is 10.2. The second-order valence-corrected chi connectivity index (χ2v) is 6.54. The zero-order valence-electron chi connectivity index (χ0n) is 11.3. The lowest BCUT2D eigenvalue weighted by atomic mass is 9.89. The second-order valence-electron chi connectivity index (χ2n) is 5.42. The number of fused-ring (bicyclic) bond motifs is 2. The van der Waals surface area contributed by atoms with Crippen LogP contribution in [0.2, 0.25) is 0 Å². The number of hydrogen-bond acceptors (Lipinski definition) is 3. The van der Waals surface area contributed by atoms with Crippen LogP contribution >= 0.6 is 11.8 Å². The molecule has 2 heterocycles. The Balaban J connectivity index is 1.70. The molecule has 4 rings (SSSR count). The van der Waals surface area contributed by atoms with Crippen molar-refractivity contribution in [3.63, 3.8) is 0 Å². The number of halogens is 1. The van der Waals surface area contributed by atoms with E-state index in [1.165, 1.54) is 29.0 Å². The number of thioether (sulfide) groups is 1. The second kappa shape index (κ2) is 4.91. The van der Waals surface area contributed by atoms with Gasteiger partial charge in [0.1, 0.15) is 11.7 Å². The fourth-order valence-corrected chi connectivity index (χ4v) is 4.37. The van der Waals surface area contributed by atoms with Gasteiger partial charge in [0, 0.05) is 5.56 Å². The summed E-state index contributed by atoms with van der Waals surface area (Å²) >= 11 is 1.64. The van der Waals surface area contributed by atoms with Crippen molar-refractivity contribution in [3.05, 3.63) is 46.1 Å². The molecule has 0 bridgehead atoms. The van der Waals surface area contributed by atoms with Crippen LogP contribution in [0.15, 0.2) is 44.7 Å². The number of carbonyl (C=O) groups excluding carboxylic acids is 1. The third-order valence-corrected chi connectivity index (χ3v) is 5.31. The maximum Gasteiger partial charge on any atom is 0.261 e. The molecular weight excluding hydrogens is 287 g/mol. The van der Waals surface area contributed by atoms with Crippen LogP contribution in [0.25, 0.3) is 0 Å². The molecule has 0 saturated heterocycles. The zero-order valence-corrected chi connectivity index (χ0v) is 12.1. The van der Waals surface area contributed by atoms with Crippen molar-refractivity contribution in [1.29, 1.82) is 0 Å². The van der Waals surface area contributed by atoms with Crippen molar-refractivity contribution in [1.82, 2.24) is 0 Å². The number of aliphatic imine (C=N–C) groups is 2. The van der Waals surface area contributed by atoms with Gasteiger partial charge in [0.15, 0.2) is 5.84 Å². The van der Waals surface area contributed by atoms with Gasteiger partial charge in [-0.05, 0) is 60.4 Å². The van der Waals surface area contributed by atoms with E-state index >= 15 is 0 Å². The molecule has 5 heteroatoms. The monoisotopic (exact) mass is 300 g/mol. The SMILES string of the molecule is O=C1N=C(c2ccc(F)cc2)N=C2SC3=C(CCCC3)C12. The van der Waals surface area contributed by atoms with E-state index < -0.39 is 0 Å². The quantitative estimate of drug-likeness (QED) is 0.793. The maximum absolute atomic E-state index is 13.0. The Bertz CT molecular complexity index is 718. The number of allylic oxidation sites excluding steroid dienone is 1. The van der Waals surface area contributed by atoms with Crippen molar-refractivity contribution < 1.29 is 9.18 Å². The number of nitrogens with zero attached hydrogens (tertiary/aromatic N) is 2. The Hall–Kier alpha value is -1.75. The predicted octanol–water partition coefficient (Wildman–Crippen LogP) is 3.70. The Morgan fingerprint density at radius 2 is 1.86 bits per heavy atom. The van der Waals surface area contributed by atoms with Gasteiger partial charge in [0.05, 0.1) is 5.04 Å². The van der Waals surface area contributed by atoms with E-state index in [0.717, 1.165) is 24.3 Å². The van der Waals surface area contributed by atoms with Crippen LogP contribution in [-0.2, 0) is 4.79 Å². The lowest BCUT2D eigenvalue weighted by Crippen LogP contribution is -2.26. The van der Waals surface area contributed by atoms with Crippen LogP contribution in [0.5, 0.6) is 0 Å². The first-order valence-corrected chi connectivity index (χ1v) is 7.91. The molecule has 1 aliphatic carbocycles.